The van der Waals surface area contributed by atoms with Gasteiger partial charge in [-0.2, -0.15) is 5.10 Å². The monoisotopic (exact) mass is 368 g/mol. The van der Waals surface area contributed by atoms with Gasteiger partial charge in [-0.1, -0.05) is 24.6 Å². The molecule has 0 fully saturated rings. The van der Waals surface area contributed by atoms with Crippen LogP contribution in [-0.2, 0) is 6.54 Å². The standard InChI is InChI=1S/C17H22ClFN4S/c1-5-10(2)20-17(24)21-16-11(3)22-23(12(16)4)9-13-6-7-14(19)8-15(13)18/h6-8,10H,5,9H2,1-4H3,(H2,20,21,24). The number of thiocarbonyl (C=S) groups is 1. The van der Waals surface area contributed by atoms with Crippen LogP contribution in [0.2, 0.25) is 5.02 Å². The molecule has 1 aromatic carbocycles. The number of rotatable bonds is 5. The van der Waals surface area contributed by atoms with Gasteiger partial charge in [-0.05, 0) is 57.1 Å². The van der Waals surface area contributed by atoms with E-state index in [9.17, 15) is 4.39 Å². The van der Waals surface area contributed by atoms with Crippen molar-refractivity contribution in [1.29, 1.82) is 0 Å². The Morgan fingerprint density at radius 3 is 2.75 bits per heavy atom. The third-order valence-corrected chi connectivity index (χ3v) is 4.52. The van der Waals surface area contributed by atoms with Gasteiger partial charge < -0.3 is 10.6 Å². The maximum absolute atomic E-state index is 13.2. The Hall–Kier alpha value is -1.66. The van der Waals surface area contributed by atoms with Gasteiger partial charge in [0, 0.05) is 11.1 Å². The molecule has 4 nitrogen and oxygen atoms in total. The third-order valence-electron chi connectivity index (χ3n) is 3.95. The van der Waals surface area contributed by atoms with Crippen molar-refractivity contribution in [2.75, 3.05) is 5.32 Å². The van der Waals surface area contributed by atoms with Crippen LogP contribution >= 0.6 is 23.8 Å². The zero-order valence-electron chi connectivity index (χ0n) is 14.3. The number of aryl methyl sites for hydroxylation is 1. The lowest BCUT2D eigenvalue weighted by molar-refractivity contribution is 0.622. The fraction of sp³-hybridized carbons (Fsp3) is 0.412. The molecule has 2 N–H and O–H groups in total. The number of halogens is 2. The molecule has 1 unspecified atom stereocenters. The first-order valence-corrected chi connectivity index (χ1v) is 8.65. The summed E-state index contributed by atoms with van der Waals surface area (Å²) in [6.07, 6.45) is 0.988. The summed E-state index contributed by atoms with van der Waals surface area (Å²) in [7, 11) is 0. The number of nitrogens with one attached hydrogen (secondary N) is 2. The normalized spacial score (nSPS) is 12.1. The van der Waals surface area contributed by atoms with Crippen LogP contribution in [0.3, 0.4) is 0 Å². The highest BCUT2D eigenvalue weighted by molar-refractivity contribution is 7.80. The second kappa shape index (κ2) is 7.94. The van der Waals surface area contributed by atoms with Crippen LogP contribution in [-0.4, -0.2) is 20.9 Å². The van der Waals surface area contributed by atoms with Crippen LogP contribution in [0.4, 0.5) is 10.1 Å². The molecule has 1 atom stereocenters. The average Bonchev–Trinajstić information content (AvgIpc) is 2.77. The van der Waals surface area contributed by atoms with Crippen molar-refractivity contribution in [3.63, 3.8) is 0 Å². The Kier molecular flexibility index (Phi) is 6.18. The van der Waals surface area contributed by atoms with E-state index in [0.717, 1.165) is 29.1 Å². The van der Waals surface area contributed by atoms with Crippen molar-refractivity contribution in [2.45, 2.75) is 46.7 Å². The molecule has 1 aromatic heterocycles. The molecule has 0 amide bonds. The van der Waals surface area contributed by atoms with Gasteiger partial charge in [0.2, 0.25) is 0 Å². The summed E-state index contributed by atoms with van der Waals surface area (Å²) in [5, 5.41) is 12.0. The lowest BCUT2D eigenvalue weighted by Crippen LogP contribution is -2.35. The number of nitrogens with zero attached hydrogens (tertiary/aromatic N) is 2. The number of benzene rings is 1. The Morgan fingerprint density at radius 2 is 2.12 bits per heavy atom. The van der Waals surface area contributed by atoms with Crippen LogP contribution in [0, 0.1) is 19.7 Å². The van der Waals surface area contributed by atoms with Crippen molar-refractivity contribution in [3.05, 3.63) is 46.0 Å². The van der Waals surface area contributed by atoms with Gasteiger partial charge in [0.1, 0.15) is 5.82 Å². The van der Waals surface area contributed by atoms with E-state index < -0.39 is 0 Å². The first kappa shape index (κ1) is 18.7. The lowest BCUT2D eigenvalue weighted by Gasteiger charge is -2.15. The molecule has 0 bridgehead atoms. The quantitative estimate of drug-likeness (QED) is 0.766. The van der Waals surface area contributed by atoms with Crippen molar-refractivity contribution >= 4 is 34.6 Å². The molecule has 2 aromatic rings. The van der Waals surface area contributed by atoms with E-state index in [0.29, 0.717) is 22.7 Å². The molecular weight excluding hydrogens is 347 g/mol. The van der Waals surface area contributed by atoms with E-state index in [-0.39, 0.29) is 5.82 Å². The minimum absolute atomic E-state index is 0.304. The fourth-order valence-corrected chi connectivity index (χ4v) is 2.85. The van der Waals surface area contributed by atoms with E-state index in [1.807, 2.05) is 18.5 Å². The summed E-state index contributed by atoms with van der Waals surface area (Å²) in [5.74, 6) is -0.346. The Bertz CT molecular complexity index is 744. The summed E-state index contributed by atoms with van der Waals surface area (Å²) in [4.78, 5) is 0. The average molecular weight is 369 g/mol. The topological polar surface area (TPSA) is 41.9 Å². The van der Waals surface area contributed by atoms with E-state index >= 15 is 0 Å². The van der Waals surface area contributed by atoms with E-state index in [4.69, 9.17) is 23.8 Å². The highest BCUT2D eigenvalue weighted by Crippen LogP contribution is 2.23. The molecule has 0 saturated heterocycles. The minimum atomic E-state index is -0.346. The summed E-state index contributed by atoms with van der Waals surface area (Å²) in [6, 6.07) is 4.69. The summed E-state index contributed by atoms with van der Waals surface area (Å²) in [5.41, 5.74) is 3.49. The van der Waals surface area contributed by atoms with Gasteiger partial charge in [-0.15, -0.1) is 0 Å². The van der Waals surface area contributed by atoms with Crippen LogP contribution in [0.1, 0.15) is 37.2 Å². The van der Waals surface area contributed by atoms with E-state index in [2.05, 4.69) is 29.6 Å². The maximum atomic E-state index is 13.2. The lowest BCUT2D eigenvalue weighted by atomic mass is 10.2. The largest absolute Gasteiger partial charge is 0.360 e. The van der Waals surface area contributed by atoms with Gasteiger partial charge in [0.25, 0.3) is 0 Å². The zero-order valence-corrected chi connectivity index (χ0v) is 15.9. The Labute approximate surface area is 152 Å². The predicted octanol–water partition coefficient (Wildman–Crippen LogP) is 4.43. The van der Waals surface area contributed by atoms with Crippen LogP contribution in [0.15, 0.2) is 18.2 Å². The van der Waals surface area contributed by atoms with Crippen LogP contribution in [0.5, 0.6) is 0 Å². The smallest absolute Gasteiger partial charge is 0.171 e. The molecule has 0 aliphatic heterocycles. The van der Waals surface area contributed by atoms with Gasteiger partial charge in [-0.25, -0.2) is 4.39 Å². The van der Waals surface area contributed by atoms with Gasteiger partial charge in [-0.3, -0.25) is 4.68 Å². The first-order chi connectivity index (χ1) is 11.3. The zero-order chi connectivity index (χ0) is 17.9. The highest BCUT2D eigenvalue weighted by atomic mass is 35.5. The minimum Gasteiger partial charge on any atom is -0.360 e. The molecule has 24 heavy (non-hydrogen) atoms. The van der Waals surface area contributed by atoms with Crippen LogP contribution in [0.25, 0.3) is 0 Å². The third kappa shape index (κ3) is 4.45. The SMILES string of the molecule is CCC(C)NC(=S)Nc1c(C)nn(Cc2ccc(F)cc2Cl)c1C. The number of hydrogen-bond acceptors (Lipinski definition) is 2. The Morgan fingerprint density at radius 1 is 1.42 bits per heavy atom. The summed E-state index contributed by atoms with van der Waals surface area (Å²) in [6.45, 7) is 8.53. The molecule has 0 aliphatic rings. The molecule has 2 rings (SSSR count). The second-order valence-corrected chi connectivity index (χ2v) is 6.66. The molecule has 130 valence electrons. The first-order valence-electron chi connectivity index (χ1n) is 7.87. The van der Waals surface area contributed by atoms with Gasteiger partial charge in [0.05, 0.1) is 23.6 Å². The number of aromatic nitrogens is 2. The highest BCUT2D eigenvalue weighted by Gasteiger charge is 2.14. The van der Waals surface area contributed by atoms with Crippen LogP contribution < -0.4 is 10.6 Å². The Balaban J connectivity index is 2.18. The number of anilines is 1. The molecule has 0 saturated carbocycles. The van der Waals surface area contributed by atoms with Crippen molar-refractivity contribution in [3.8, 4) is 0 Å². The number of hydrogen-bond donors (Lipinski definition) is 2. The maximum Gasteiger partial charge on any atom is 0.171 e. The van der Waals surface area contributed by atoms with Gasteiger partial charge in [0.15, 0.2) is 5.11 Å². The van der Waals surface area contributed by atoms with Crippen molar-refractivity contribution in [2.24, 2.45) is 0 Å². The van der Waals surface area contributed by atoms with Gasteiger partial charge >= 0.3 is 0 Å². The van der Waals surface area contributed by atoms with Crippen molar-refractivity contribution < 1.29 is 4.39 Å². The second-order valence-electron chi connectivity index (χ2n) is 5.85. The molecule has 0 aliphatic carbocycles. The molecular formula is C17H22ClFN4S. The molecule has 1 heterocycles. The molecule has 7 heteroatoms. The van der Waals surface area contributed by atoms with Crippen molar-refractivity contribution in [1.82, 2.24) is 15.1 Å². The summed E-state index contributed by atoms with van der Waals surface area (Å²) < 4.78 is 15.0. The van der Waals surface area contributed by atoms with E-state index in [1.165, 1.54) is 12.1 Å². The van der Waals surface area contributed by atoms with E-state index in [1.54, 1.807) is 6.07 Å². The fourth-order valence-electron chi connectivity index (χ4n) is 2.32. The predicted molar refractivity (Wildman–Crippen MR) is 101 cm³/mol. The molecule has 0 radical (unpaired) electrons. The molecule has 0 spiro atoms. The summed E-state index contributed by atoms with van der Waals surface area (Å²) >= 11 is 11.5.